The molecular weight excluding hydrogens is 343 g/mol. The van der Waals surface area contributed by atoms with Gasteiger partial charge in [0.05, 0.1) is 7.11 Å². The van der Waals surface area contributed by atoms with E-state index >= 15 is 0 Å². The number of nitrogens with one attached hydrogen (secondary N) is 1. The number of amides is 1. The van der Waals surface area contributed by atoms with Crippen molar-refractivity contribution in [2.24, 2.45) is 0 Å². The molecule has 20 heavy (non-hydrogen) atoms. The molecule has 0 aliphatic heterocycles. The number of benzene rings is 1. The number of halogens is 4. The maximum absolute atomic E-state index is 11.8. The van der Waals surface area contributed by atoms with E-state index in [2.05, 4.69) is 20.8 Å². The summed E-state index contributed by atoms with van der Waals surface area (Å²) in [7, 11) is 1.47. The van der Waals surface area contributed by atoms with E-state index in [0.29, 0.717) is 11.3 Å². The Morgan fingerprint density at radius 2 is 2.15 bits per heavy atom. The van der Waals surface area contributed by atoms with E-state index in [9.17, 15) is 18.0 Å². The number of hydrogen-bond acceptors (Lipinski definition) is 3. The van der Waals surface area contributed by atoms with Crippen LogP contribution in [0.2, 0.25) is 0 Å². The molecule has 0 saturated heterocycles. The second-order valence-corrected chi connectivity index (χ2v) is 4.51. The molecule has 0 fully saturated rings. The van der Waals surface area contributed by atoms with Crippen LogP contribution in [0.1, 0.15) is 5.56 Å². The van der Waals surface area contributed by atoms with Crippen LogP contribution in [-0.4, -0.2) is 25.8 Å². The first-order chi connectivity index (χ1) is 9.31. The van der Waals surface area contributed by atoms with Gasteiger partial charge in [0.1, 0.15) is 5.75 Å². The molecule has 0 unspecified atom stereocenters. The summed E-state index contributed by atoms with van der Waals surface area (Å²) in [6, 6.07) is 5.13. The summed E-state index contributed by atoms with van der Waals surface area (Å²) in [6.45, 7) is -1.55. The van der Waals surface area contributed by atoms with Gasteiger partial charge in [0.15, 0.2) is 6.61 Å². The zero-order chi connectivity index (χ0) is 15.2. The van der Waals surface area contributed by atoms with Gasteiger partial charge in [0.25, 0.3) is 5.91 Å². The maximum Gasteiger partial charge on any atom is 0.414 e. The van der Waals surface area contributed by atoms with E-state index in [1.54, 1.807) is 23.7 Å². The molecule has 1 aromatic carbocycles. The lowest BCUT2D eigenvalue weighted by Gasteiger charge is -2.07. The van der Waals surface area contributed by atoms with Crippen LogP contribution in [0.4, 0.5) is 13.2 Å². The quantitative estimate of drug-likeness (QED) is 0.653. The lowest BCUT2D eigenvalue weighted by Crippen LogP contribution is -2.28. The van der Waals surface area contributed by atoms with Crippen LogP contribution in [0.3, 0.4) is 0 Å². The van der Waals surface area contributed by atoms with Crippen LogP contribution in [0.25, 0.3) is 6.08 Å². The predicted molar refractivity (Wildman–Crippen MR) is 69.9 cm³/mol. The topological polar surface area (TPSA) is 47.6 Å². The van der Waals surface area contributed by atoms with E-state index in [4.69, 9.17) is 4.74 Å². The Hall–Kier alpha value is -1.54. The monoisotopic (exact) mass is 353 g/mol. The highest BCUT2D eigenvalue weighted by atomic mass is 79.9. The van der Waals surface area contributed by atoms with Gasteiger partial charge in [-0.05, 0) is 24.3 Å². The zero-order valence-corrected chi connectivity index (χ0v) is 11.9. The van der Waals surface area contributed by atoms with E-state index in [1.807, 2.05) is 0 Å². The second-order valence-electron chi connectivity index (χ2n) is 3.59. The fourth-order valence-electron chi connectivity index (χ4n) is 1.22. The Labute approximate surface area is 121 Å². The minimum atomic E-state index is -4.50. The molecule has 0 aromatic heterocycles. The van der Waals surface area contributed by atoms with Gasteiger partial charge >= 0.3 is 6.18 Å². The Bertz CT molecular complexity index is 503. The Morgan fingerprint density at radius 3 is 2.75 bits per heavy atom. The normalized spacial score (nSPS) is 11.7. The van der Waals surface area contributed by atoms with Crippen molar-refractivity contribution in [3.63, 3.8) is 0 Å². The van der Waals surface area contributed by atoms with Crippen molar-refractivity contribution in [2.75, 3.05) is 13.7 Å². The standard InChI is InChI=1S/C12H11BrF3NO3/c1-19-10-4-3-9(13)6-8(10)2-5-11(18)17-20-7-12(14,15)16/h2-6H,7H2,1H3,(H,17,18)/b5-2+. The van der Waals surface area contributed by atoms with Crippen molar-refractivity contribution in [3.05, 3.63) is 34.3 Å². The fourth-order valence-corrected chi connectivity index (χ4v) is 1.60. The van der Waals surface area contributed by atoms with E-state index in [0.717, 1.165) is 10.5 Å². The molecule has 1 N–H and O–H groups in total. The van der Waals surface area contributed by atoms with Crippen molar-refractivity contribution >= 4 is 27.9 Å². The van der Waals surface area contributed by atoms with Gasteiger partial charge in [-0.25, -0.2) is 5.48 Å². The molecule has 0 atom stereocenters. The lowest BCUT2D eigenvalue weighted by molar-refractivity contribution is -0.190. The summed E-state index contributed by atoms with van der Waals surface area (Å²) >= 11 is 3.26. The van der Waals surface area contributed by atoms with Crippen LogP contribution in [0.5, 0.6) is 5.75 Å². The van der Waals surface area contributed by atoms with Crippen LogP contribution >= 0.6 is 15.9 Å². The second kappa shape index (κ2) is 7.30. The minimum Gasteiger partial charge on any atom is -0.496 e. The average Bonchev–Trinajstić information content (AvgIpc) is 2.35. The Morgan fingerprint density at radius 1 is 1.45 bits per heavy atom. The van der Waals surface area contributed by atoms with E-state index in [-0.39, 0.29) is 0 Å². The lowest BCUT2D eigenvalue weighted by atomic mass is 10.2. The van der Waals surface area contributed by atoms with Crippen molar-refractivity contribution in [1.29, 1.82) is 0 Å². The number of ether oxygens (including phenoxy) is 1. The van der Waals surface area contributed by atoms with Gasteiger partial charge in [0.2, 0.25) is 0 Å². The summed E-state index contributed by atoms with van der Waals surface area (Å²) in [4.78, 5) is 15.3. The Balaban J connectivity index is 2.59. The summed E-state index contributed by atoms with van der Waals surface area (Å²) in [5, 5.41) is 0. The molecule has 8 heteroatoms. The molecule has 110 valence electrons. The molecule has 4 nitrogen and oxygen atoms in total. The first-order valence-corrected chi connectivity index (χ1v) is 6.11. The van der Waals surface area contributed by atoms with Gasteiger partial charge < -0.3 is 4.74 Å². The first kappa shape index (κ1) is 16.5. The van der Waals surface area contributed by atoms with Crippen molar-refractivity contribution in [2.45, 2.75) is 6.18 Å². The molecule has 0 radical (unpaired) electrons. The predicted octanol–water partition coefficient (Wildman–Crippen LogP) is 3.08. The maximum atomic E-state index is 11.8. The summed E-state index contributed by atoms with van der Waals surface area (Å²) in [5.41, 5.74) is 2.25. The number of methoxy groups -OCH3 is 1. The minimum absolute atomic E-state index is 0.522. The average molecular weight is 354 g/mol. The highest BCUT2D eigenvalue weighted by molar-refractivity contribution is 9.10. The van der Waals surface area contributed by atoms with Gasteiger partial charge in [-0.2, -0.15) is 13.2 Å². The van der Waals surface area contributed by atoms with Crippen molar-refractivity contribution in [1.82, 2.24) is 5.48 Å². The highest BCUT2D eigenvalue weighted by Gasteiger charge is 2.28. The smallest absolute Gasteiger partial charge is 0.414 e. The van der Waals surface area contributed by atoms with Gasteiger partial charge in [-0.15, -0.1) is 0 Å². The van der Waals surface area contributed by atoms with Crippen molar-refractivity contribution < 1.29 is 27.5 Å². The molecule has 1 aromatic rings. The zero-order valence-electron chi connectivity index (χ0n) is 10.3. The highest BCUT2D eigenvalue weighted by Crippen LogP contribution is 2.24. The van der Waals surface area contributed by atoms with Crippen LogP contribution in [-0.2, 0) is 9.63 Å². The SMILES string of the molecule is COc1ccc(Br)cc1/C=C/C(=O)NOCC(F)(F)F. The number of rotatable bonds is 5. The summed E-state index contributed by atoms with van der Waals surface area (Å²) < 4.78 is 41.2. The molecule has 0 bridgehead atoms. The molecule has 0 aliphatic rings. The third-order valence-corrected chi connectivity index (χ3v) is 2.51. The van der Waals surface area contributed by atoms with Gasteiger partial charge in [0, 0.05) is 16.1 Å². The molecular formula is C12H11BrF3NO3. The largest absolute Gasteiger partial charge is 0.496 e. The van der Waals surface area contributed by atoms with Gasteiger partial charge in [-0.3, -0.25) is 9.63 Å². The molecule has 0 heterocycles. The first-order valence-electron chi connectivity index (χ1n) is 5.32. The number of carbonyl (C=O) groups is 1. The third kappa shape index (κ3) is 6.07. The molecule has 1 amide bonds. The number of carbonyl (C=O) groups excluding carboxylic acids is 1. The van der Waals surface area contributed by atoms with Crippen LogP contribution < -0.4 is 10.2 Å². The summed E-state index contributed by atoms with van der Waals surface area (Å²) in [6.07, 6.45) is -2.05. The third-order valence-electron chi connectivity index (χ3n) is 2.01. The van der Waals surface area contributed by atoms with Crippen LogP contribution in [0.15, 0.2) is 28.7 Å². The summed E-state index contributed by atoms with van der Waals surface area (Å²) in [5.74, 6) is -0.287. The molecule has 0 aliphatic carbocycles. The number of hydrogen-bond donors (Lipinski definition) is 1. The van der Waals surface area contributed by atoms with Crippen molar-refractivity contribution in [3.8, 4) is 5.75 Å². The van der Waals surface area contributed by atoms with E-state index < -0.39 is 18.7 Å². The molecule has 0 spiro atoms. The Kier molecular flexibility index (Phi) is 6.03. The fraction of sp³-hybridized carbons (Fsp3) is 0.250. The van der Waals surface area contributed by atoms with Crippen LogP contribution in [0, 0.1) is 0 Å². The van der Waals surface area contributed by atoms with Gasteiger partial charge in [-0.1, -0.05) is 15.9 Å². The van der Waals surface area contributed by atoms with E-state index in [1.165, 1.54) is 13.2 Å². The number of alkyl halides is 3. The molecule has 1 rings (SSSR count). The number of hydroxylamine groups is 1. The molecule has 0 saturated carbocycles.